The average molecular weight is 309 g/mol. The fourth-order valence-corrected chi connectivity index (χ4v) is 3.85. The molecule has 2 saturated heterocycles. The van der Waals surface area contributed by atoms with Gasteiger partial charge < -0.3 is 20.1 Å². The molecular weight excluding hydrogens is 278 g/mol. The SMILES string of the molecule is CCNC(=NCCCOC1CCCC1)NC1CC2CCC1O2. The Balaban J connectivity index is 1.36. The van der Waals surface area contributed by atoms with Crippen molar-refractivity contribution in [2.24, 2.45) is 4.99 Å². The van der Waals surface area contributed by atoms with Gasteiger partial charge in [-0.15, -0.1) is 0 Å². The summed E-state index contributed by atoms with van der Waals surface area (Å²) in [6.07, 6.45) is 11.1. The molecule has 3 fully saturated rings. The fraction of sp³-hybridized carbons (Fsp3) is 0.941. The molecule has 3 rings (SSSR count). The zero-order valence-corrected chi connectivity index (χ0v) is 13.9. The Bertz CT molecular complexity index is 369. The zero-order chi connectivity index (χ0) is 15.2. The number of guanidine groups is 1. The standard InChI is InChI=1S/C17H31N3O2/c1-2-18-17(20-15-12-14-8-9-16(15)22-14)19-10-5-11-21-13-6-3-4-7-13/h13-16H,2-12H2,1H3,(H2,18,19,20). The Labute approximate surface area is 134 Å². The highest BCUT2D eigenvalue weighted by Crippen LogP contribution is 2.34. The van der Waals surface area contributed by atoms with Gasteiger partial charge in [-0.05, 0) is 45.4 Å². The van der Waals surface area contributed by atoms with Gasteiger partial charge in [-0.25, -0.2) is 0 Å². The van der Waals surface area contributed by atoms with Crippen LogP contribution in [0.3, 0.4) is 0 Å². The number of aliphatic imine (C=N–C) groups is 1. The molecule has 2 N–H and O–H groups in total. The van der Waals surface area contributed by atoms with Crippen LogP contribution in [0.25, 0.3) is 0 Å². The summed E-state index contributed by atoms with van der Waals surface area (Å²) in [4.78, 5) is 4.68. The Morgan fingerprint density at radius 3 is 2.77 bits per heavy atom. The third-order valence-corrected chi connectivity index (χ3v) is 5.00. The average Bonchev–Trinajstić information content (AvgIpc) is 3.24. The van der Waals surface area contributed by atoms with E-state index in [2.05, 4.69) is 22.5 Å². The van der Waals surface area contributed by atoms with E-state index in [0.717, 1.165) is 38.5 Å². The summed E-state index contributed by atoms with van der Waals surface area (Å²) in [6, 6.07) is 0.436. The molecule has 0 aromatic carbocycles. The van der Waals surface area contributed by atoms with Gasteiger partial charge in [0, 0.05) is 19.7 Å². The van der Waals surface area contributed by atoms with E-state index >= 15 is 0 Å². The van der Waals surface area contributed by atoms with Crippen LogP contribution in [0.1, 0.15) is 58.3 Å². The van der Waals surface area contributed by atoms with Crippen molar-refractivity contribution in [1.29, 1.82) is 0 Å². The van der Waals surface area contributed by atoms with Crippen LogP contribution >= 0.6 is 0 Å². The van der Waals surface area contributed by atoms with Gasteiger partial charge >= 0.3 is 0 Å². The predicted octanol–water partition coefficient (Wildman–Crippen LogP) is 2.21. The van der Waals surface area contributed by atoms with E-state index in [0.29, 0.717) is 24.4 Å². The van der Waals surface area contributed by atoms with Crippen LogP contribution in [0.4, 0.5) is 0 Å². The number of nitrogens with one attached hydrogen (secondary N) is 2. The monoisotopic (exact) mass is 309 g/mol. The van der Waals surface area contributed by atoms with Crippen molar-refractivity contribution in [2.45, 2.75) is 82.6 Å². The molecule has 0 aromatic heterocycles. The molecule has 3 atom stereocenters. The highest BCUT2D eigenvalue weighted by atomic mass is 16.5. The molecule has 0 amide bonds. The highest BCUT2D eigenvalue weighted by Gasteiger charge is 2.41. The summed E-state index contributed by atoms with van der Waals surface area (Å²) in [5.74, 6) is 0.935. The smallest absolute Gasteiger partial charge is 0.191 e. The van der Waals surface area contributed by atoms with Gasteiger partial charge in [0.05, 0.1) is 24.4 Å². The van der Waals surface area contributed by atoms with Crippen molar-refractivity contribution >= 4 is 5.96 Å². The molecule has 3 aliphatic rings. The molecule has 2 aliphatic heterocycles. The highest BCUT2D eigenvalue weighted by molar-refractivity contribution is 5.80. The molecule has 0 spiro atoms. The molecule has 22 heavy (non-hydrogen) atoms. The number of hydrogen-bond donors (Lipinski definition) is 2. The van der Waals surface area contributed by atoms with E-state index in [1.54, 1.807) is 0 Å². The van der Waals surface area contributed by atoms with Crippen molar-refractivity contribution in [3.05, 3.63) is 0 Å². The van der Waals surface area contributed by atoms with Gasteiger partial charge in [0.1, 0.15) is 0 Å². The molecule has 5 nitrogen and oxygen atoms in total. The second-order valence-electron chi connectivity index (χ2n) is 6.75. The molecule has 5 heteroatoms. The normalized spacial score (nSPS) is 31.9. The van der Waals surface area contributed by atoms with E-state index in [-0.39, 0.29) is 0 Å². The van der Waals surface area contributed by atoms with Crippen LogP contribution in [0, 0.1) is 0 Å². The molecule has 2 bridgehead atoms. The minimum absolute atomic E-state index is 0.388. The molecule has 2 heterocycles. The van der Waals surface area contributed by atoms with Crippen LogP contribution in [0.15, 0.2) is 4.99 Å². The number of rotatable bonds is 7. The lowest BCUT2D eigenvalue weighted by Crippen LogP contribution is -2.47. The summed E-state index contributed by atoms with van der Waals surface area (Å²) in [7, 11) is 0. The largest absolute Gasteiger partial charge is 0.378 e. The maximum absolute atomic E-state index is 5.90. The Kier molecular flexibility index (Phi) is 5.96. The van der Waals surface area contributed by atoms with Crippen LogP contribution in [0.5, 0.6) is 0 Å². The van der Waals surface area contributed by atoms with Crippen molar-refractivity contribution in [1.82, 2.24) is 10.6 Å². The van der Waals surface area contributed by atoms with E-state index in [4.69, 9.17) is 9.47 Å². The topological polar surface area (TPSA) is 54.9 Å². The first-order valence-electron chi connectivity index (χ1n) is 9.17. The van der Waals surface area contributed by atoms with Gasteiger partial charge in [-0.1, -0.05) is 12.8 Å². The van der Waals surface area contributed by atoms with Crippen molar-refractivity contribution in [3.8, 4) is 0 Å². The van der Waals surface area contributed by atoms with Crippen molar-refractivity contribution < 1.29 is 9.47 Å². The molecule has 1 aliphatic carbocycles. The first-order valence-corrected chi connectivity index (χ1v) is 9.17. The quantitative estimate of drug-likeness (QED) is 0.430. The minimum Gasteiger partial charge on any atom is -0.378 e. The second kappa shape index (κ2) is 8.16. The molecule has 0 radical (unpaired) electrons. The molecule has 3 unspecified atom stereocenters. The van der Waals surface area contributed by atoms with Gasteiger partial charge in [-0.3, -0.25) is 4.99 Å². The Hall–Kier alpha value is -0.810. The van der Waals surface area contributed by atoms with Gasteiger partial charge in [-0.2, -0.15) is 0 Å². The maximum atomic E-state index is 5.90. The van der Waals surface area contributed by atoms with Crippen LogP contribution in [-0.2, 0) is 9.47 Å². The molecule has 1 saturated carbocycles. The molecular formula is C17H31N3O2. The summed E-state index contributed by atoms with van der Waals surface area (Å²) >= 11 is 0. The van der Waals surface area contributed by atoms with Crippen LogP contribution in [-0.4, -0.2) is 50.0 Å². The third kappa shape index (κ3) is 4.35. The van der Waals surface area contributed by atoms with Gasteiger partial charge in [0.15, 0.2) is 5.96 Å². The summed E-state index contributed by atoms with van der Waals surface area (Å²) in [5.41, 5.74) is 0. The summed E-state index contributed by atoms with van der Waals surface area (Å²) in [6.45, 7) is 4.66. The maximum Gasteiger partial charge on any atom is 0.191 e. The first kappa shape index (κ1) is 16.1. The summed E-state index contributed by atoms with van der Waals surface area (Å²) < 4.78 is 11.8. The second-order valence-corrected chi connectivity index (χ2v) is 6.75. The summed E-state index contributed by atoms with van der Waals surface area (Å²) in [5, 5.41) is 6.90. The minimum atomic E-state index is 0.388. The van der Waals surface area contributed by atoms with Crippen LogP contribution in [0.2, 0.25) is 0 Å². The van der Waals surface area contributed by atoms with E-state index in [9.17, 15) is 0 Å². The predicted molar refractivity (Wildman–Crippen MR) is 88.2 cm³/mol. The Morgan fingerprint density at radius 1 is 1.23 bits per heavy atom. The number of fused-ring (bicyclic) bond motifs is 2. The van der Waals surface area contributed by atoms with E-state index in [1.807, 2.05) is 0 Å². The number of ether oxygens (including phenoxy) is 2. The van der Waals surface area contributed by atoms with E-state index < -0.39 is 0 Å². The van der Waals surface area contributed by atoms with Crippen molar-refractivity contribution in [2.75, 3.05) is 19.7 Å². The lowest BCUT2D eigenvalue weighted by molar-refractivity contribution is 0.0579. The molecule has 126 valence electrons. The third-order valence-electron chi connectivity index (χ3n) is 5.00. The first-order chi connectivity index (χ1) is 10.8. The number of hydrogen-bond acceptors (Lipinski definition) is 3. The van der Waals surface area contributed by atoms with Gasteiger partial charge in [0.2, 0.25) is 0 Å². The lowest BCUT2D eigenvalue weighted by atomic mass is 9.96. The number of nitrogens with zero attached hydrogens (tertiary/aromatic N) is 1. The lowest BCUT2D eigenvalue weighted by Gasteiger charge is -2.22. The van der Waals surface area contributed by atoms with Crippen molar-refractivity contribution in [3.63, 3.8) is 0 Å². The zero-order valence-electron chi connectivity index (χ0n) is 13.9. The fourth-order valence-electron chi connectivity index (χ4n) is 3.85. The molecule has 0 aromatic rings. The van der Waals surface area contributed by atoms with Gasteiger partial charge in [0.25, 0.3) is 0 Å². The van der Waals surface area contributed by atoms with E-state index in [1.165, 1.54) is 38.5 Å². The van der Waals surface area contributed by atoms with Crippen LogP contribution < -0.4 is 10.6 Å². The Morgan fingerprint density at radius 2 is 2.09 bits per heavy atom.